The van der Waals surface area contributed by atoms with E-state index < -0.39 is 5.69 Å². The smallest absolute Gasteiger partial charge is 0.368 e. The number of nitrogens with zero attached hydrogens (tertiary/aromatic N) is 3. The zero-order valence-electron chi connectivity index (χ0n) is 15.1. The molecule has 1 heterocycles. The van der Waals surface area contributed by atoms with Gasteiger partial charge in [0.05, 0.1) is 14.2 Å². The van der Waals surface area contributed by atoms with Crippen molar-refractivity contribution >= 4 is 6.20 Å². The number of methoxy groups -OCH3 is 2. The van der Waals surface area contributed by atoms with Gasteiger partial charge in [-0.2, -0.15) is 14.8 Å². The number of ether oxygens (including phenoxy) is 2. The Morgan fingerprint density at radius 2 is 1.41 bits per heavy atom. The first kappa shape index (κ1) is 18.1. The number of aromatic nitrogens is 3. The summed E-state index contributed by atoms with van der Waals surface area (Å²) in [6.07, 6.45) is 4.71. The van der Waals surface area contributed by atoms with E-state index in [0.29, 0.717) is 11.4 Å². The van der Waals surface area contributed by atoms with Gasteiger partial charge in [-0.15, -0.1) is 0 Å². The Labute approximate surface area is 157 Å². The molecular weight excluding hydrogens is 342 g/mol. The van der Waals surface area contributed by atoms with Crippen LogP contribution in [0.1, 0.15) is 0 Å². The summed E-state index contributed by atoms with van der Waals surface area (Å²) in [5, 5.41) is 4.49. The number of rotatable bonds is 6. The van der Waals surface area contributed by atoms with E-state index >= 15 is 0 Å². The number of hydrogen-bond donors (Lipinski definition) is 0. The highest BCUT2D eigenvalue weighted by Gasteiger charge is 2.14. The minimum Gasteiger partial charge on any atom is -0.497 e. The first-order valence-electron chi connectivity index (χ1n) is 8.25. The highest BCUT2D eigenvalue weighted by molar-refractivity contribution is 5.77. The zero-order chi connectivity index (χ0) is 19.2. The van der Waals surface area contributed by atoms with Crippen LogP contribution in [0.3, 0.4) is 0 Å². The van der Waals surface area contributed by atoms with Crippen molar-refractivity contribution in [2.45, 2.75) is 0 Å². The summed E-state index contributed by atoms with van der Waals surface area (Å²) < 4.78 is 11.6. The molecule has 6 heteroatoms. The monoisotopic (exact) mass is 361 g/mol. The Morgan fingerprint density at radius 1 is 0.889 bits per heavy atom. The maximum atomic E-state index is 12.4. The largest absolute Gasteiger partial charge is 0.497 e. The Bertz CT molecular complexity index is 1020. The molecule has 0 spiro atoms. The van der Waals surface area contributed by atoms with Gasteiger partial charge >= 0.3 is 5.69 Å². The van der Waals surface area contributed by atoms with Crippen LogP contribution in [-0.2, 0) is 0 Å². The van der Waals surface area contributed by atoms with E-state index in [1.165, 1.54) is 10.9 Å². The molecule has 0 amide bonds. The van der Waals surface area contributed by atoms with E-state index in [9.17, 15) is 4.79 Å². The van der Waals surface area contributed by atoms with Gasteiger partial charge in [0.25, 0.3) is 0 Å². The summed E-state index contributed by atoms with van der Waals surface area (Å²) >= 11 is 0. The van der Waals surface area contributed by atoms with Gasteiger partial charge < -0.3 is 9.47 Å². The third-order valence-corrected chi connectivity index (χ3v) is 3.93. The molecule has 0 saturated carbocycles. The maximum Gasteiger partial charge on any atom is 0.368 e. The van der Waals surface area contributed by atoms with E-state index in [0.717, 1.165) is 22.6 Å². The Kier molecular flexibility index (Phi) is 5.47. The molecule has 1 aromatic heterocycles. The number of benzene rings is 2. The molecule has 3 aromatic rings. The summed E-state index contributed by atoms with van der Waals surface area (Å²) in [7, 11) is 3.21. The lowest BCUT2D eigenvalue weighted by atomic mass is 10.0. The second kappa shape index (κ2) is 8.14. The molecule has 0 fully saturated rings. The predicted octanol–water partition coefficient (Wildman–Crippen LogP) is 3.65. The summed E-state index contributed by atoms with van der Waals surface area (Å²) in [5.41, 5.74) is 2.18. The summed E-state index contributed by atoms with van der Waals surface area (Å²) in [4.78, 5) is 16.6. The minimum absolute atomic E-state index is 0.476. The van der Waals surface area contributed by atoms with Gasteiger partial charge in [-0.25, -0.2) is 4.79 Å². The summed E-state index contributed by atoms with van der Waals surface area (Å²) in [6.45, 7) is 3.61. The van der Waals surface area contributed by atoms with Gasteiger partial charge in [0.15, 0.2) is 0 Å². The molecule has 0 aliphatic heterocycles. The van der Waals surface area contributed by atoms with Crippen molar-refractivity contribution < 1.29 is 9.47 Å². The number of hydrogen-bond acceptors (Lipinski definition) is 5. The second-order valence-electron chi connectivity index (χ2n) is 5.57. The van der Waals surface area contributed by atoms with Crippen molar-refractivity contribution in [1.82, 2.24) is 14.8 Å². The molecule has 6 nitrogen and oxygen atoms in total. The normalized spacial score (nSPS) is 10.7. The first-order chi connectivity index (χ1) is 13.2. The predicted molar refractivity (Wildman–Crippen MR) is 106 cm³/mol. The van der Waals surface area contributed by atoms with Crippen LogP contribution in [0, 0.1) is 0 Å². The second-order valence-corrected chi connectivity index (χ2v) is 5.57. The SMILES string of the molecule is C=C/C=C/n1nc(-c2ccc(OC)cc2)c(-c2ccc(OC)cc2)nc1=O. The fourth-order valence-electron chi connectivity index (χ4n) is 2.53. The van der Waals surface area contributed by atoms with Gasteiger partial charge in [-0.1, -0.05) is 12.7 Å². The van der Waals surface area contributed by atoms with Gasteiger partial charge in [0, 0.05) is 17.3 Å². The zero-order valence-corrected chi connectivity index (χ0v) is 15.1. The molecule has 0 N–H and O–H groups in total. The molecule has 0 aliphatic rings. The fourth-order valence-corrected chi connectivity index (χ4v) is 2.53. The molecule has 136 valence electrons. The van der Waals surface area contributed by atoms with Gasteiger partial charge in [0.2, 0.25) is 0 Å². The molecule has 3 rings (SSSR count). The molecule has 0 radical (unpaired) electrons. The lowest BCUT2D eigenvalue weighted by molar-refractivity contribution is 0.414. The van der Waals surface area contributed by atoms with Crippen molar-refractivity contribution in [1.29, 1.82) is 0 Å². The van der Waals surface area contributed by atoms with Gasteiger partial charge in [0.1, 0.15) is 22.9 Å². The molecule has 2 aromatic carbocycles. The average Bonchev–Trinajstić information content (AvgIpc) is 2.73. The molecule has 27 heavy (non-hydrogen) atoms. The van der Waals surface area contributed by atoms with Crippen molar-refractivity contribution in [3.05, 3.63) is 77.7 Å². The molecule has 0 bridgehead atoms. The molecule has 0 saturated heterocycles. The van der Waals surface area contributed by atoms with Crippen molar-refractivity contribution in [2.75, 3.05) is 14.2 Å². The van der Waals surface area contributed by atoms with Crippen molar-refractivity contribution in [3.63, 3.8) is 0 Å². The van der Waals surface area contributed by atoms with Crippen LogP contribution in [-0.4, -0.2) is 29.0 Å². The van der Waals surface area contributed by atoms with Crippen LogP contribution in [0.5, 0.6) is 11.5 Å². The van der Waals surface area contributed by atoms with Gasteiger partial charge in [-0.3, -0.25) is 0 Å². The van der Waals surface area contributed by atoms with E-state index in [1.807, 2.05) is 48.5 Å². The van der Waals surface area contributed by atoms with E-state index in [-0.39, 0.29) is 0 Å². The Hall–Kier alpha value is -3.67. The average molecular weight is 361 g/mol. The molecule has 0 atom stereocenters. The van der Waals surface area contributed by atoms with E-state index in [1.54, 1.807) is 26.4 Å². The van der Waals surface area contributed by atoms with Gasteiger partial charge in [-0.05, 0) is 54.6 Å². The van der Waals surface area contributed by atoms with E-state index in [2.05, 4.69) is 16.7 Å². The van der Waals surface area contributed by atoms with Crippen LogP contribution in [0.25, 0.3) is 28.7 Å². The minimum atomic E-state index is -0.476. The highest BCUT2D eigenvalue weighted by atomic mass is 16.5. The molecule has 0 unspecified atom stereocenters. The quantitative estimate of drug-likeness (QED) is 0.627. The standard InChI is InChI=1S/C21H19N3O3/c1-4-5-14-24-21(25)22-19(15-6-10-17(26-2)11-7-15)20(23-24)16-8-12-18(27-3)13-9-16/h4-14H,1H2,2-3H3/b14-5+. The summed E-state index contributed by atoms with van der Waals surface area (Å²) in [5.74, 6) is 1.46. The van der Waals surface area contributed by atoms with Crippen LogP contribution < -0.4 is 15.2 Å². The highest BCUT2D eigenvalue weighted by Crippen LogP contribution is 2.29. The first-order valence-corrected chi connectivity index (χ1v) is 8.25. The molecular formula is C21H19N3O3. The Balaban J connectivity index is 2.20. The van der Waals surface area contributed by atoms with E-state index in [4.69, 9.17) is 9.47 Å². The van der Waals surface area contributed by atoms with Crippen molar-refractivity contribution in [2.24, 2.45) is 0 Å². The van der Waals surface area contributed by atoms with Crippen LogP contribution in [0.4, 0.5) is 0 Å². The van der Waals surface area contributed by atoms with Crippen molar-refractivity contribution in [3.8, 4) is 34.0 Å². The maximum absolute atomic E-state index is 12.4. The van der Waals surface area contributed by atoms with Crippen LogP contribution in [0.15, 0.2) is 72.1 Å². The topological polar surface area (TPSA) is 66.2 Å². The third-order valence-electron chi connectivity index (χ3n) is 3.93. The summed E-state index contributed by atoms with van der Waals surface area (Å²) in [6, 6.07) is 14.8. The Morgan fingerprint density at radius 3 is 1.89 bits per heavy atom. The lowest BCUT2D eigenvalue weighted by Crippen LogP contribution is -2.23. The molecule has 0 aliphatic carbocycles. The van der Waals surface area contributed by atoms with Crippen LogP contribution >= 0.6 is 0 Å². The lowest BCUT2D eigenvalue weighted by Gasteiger charge is -2.11. The van der Waals surface area contributed by atoms with Crippen LogP contribution in [0.2, 0.25) is 0 Å². The third kappa shape index (κ3) is 3.95. The fraction of sp³-hybridized carbons (Fsp3) is 0.0952. The number of allylic oxidation sites excluding steroid dienone is 2.